The van der Waals surface area contributed by atoms with Gasteiger partial charge in [0.2, 0.25) is 0 Å². The van der Waals surface area contributed by atoms with Gasteiger partial charge in [-0.15, -0.1) is 0 Å². The molecule has 1 heterocycles. The second kappa shape index (κ2) is 5.64. The molecule has 7 heteroatoms. The van der Waals surface area contributed by atoms with Gasteiger partial charge >= 0.3 is 0 Å². The Labute approximate surface area is 116 Å². The SMILES string of the molecule is CC1(C)OC[C@H](CCOc2ccc([N+](=O)[O-])cc2O)O1. The normalized spacial score (nSPS) is 20.8. The van der Waals surface area contributed by atoms with Gasteiger partial charge in [0.25, 0.3) is 5.69 Å². The quantitative estimate of drug-likeness (QED) is 0.658. The maximum absolute atomic E-state index is 10.5. The zero-order valence-electron chi connectivity index (χ0n) is 11.4. The van der Waals surface area contributed by atoms with Crippen LogP contribution in [0.4, 0.5) is 5.69 Å². The first-order valence-electron chi connectivity index (χ1n) is 6.29. The van der Waals surface area contributed by atoms with Crippen LogP contribution in [0.1, 0.15) is 20.3 Å². The van der Waals surface area contributed by atoms with Gasteiger partial charge in [-0.25, -0.2) is 0 Å². The van der Waals surface area contributed by atoms with Crippen LogP contribution in [-0.4, -0.2) is 35.1 Å². The summed E-state index contributed by atoms with van der Waals surface area (Å²) >= 11 is 0. The van der Waals surface area contributed by atoms with E-state index in [4.69, 9.17) is 14.2 Å². The lowest BCUT2D eigenvalue weighted by Crippen LogP contribution is -2.22. The summed E-state index contributed by atoms with van der Waals surface area (Å²) in [5.74, 6) is -0.600. The fourth-order valence-corrected chi connectivity index (χ4v) is 1.95. The van der Waals surface area contributed by atoms with Crippen molar-refractivity contribution in [2.24, 2.45) is 0 Å². The molecule has 110 valence electrons. The third kappa shape index (κ3) is 3.58. The van der Waals surface area contributed by atoms with Crippen molar-refractivity contribution >= 4 is 5.69 Å². The number of benzene rings is 1. The number of hydrogen-bond acceptors (Lipinski definition) is 6. The summed E-state index contributed by atoms with van der Waals surface area (Å²) in [5, 5.41) is 20.2. The van der Waals surface area contributed by atoms with Crippen molar-refractivity contribution in [1.29, 1.82) is 0 Å². The Balaban J connectivity index is 1.84. The zero-order chi connectivity index (χ0) is 14.8. The van der Waals surface area contributed by atoms with Gasteiger partial charge in [0.15, 0.2) is 17.3 Å². The highest BCUT2D eigenvalue weighted by atomic mass is 16.7. The molecule has 1 aromatic carbocycles. The van der Waals surface area contributed by atoms with Crippen molar-refractivity contribution in [3.63, 3.8) is 0 Å². The molecule has 1 aliphatic rings. The molecule has 0 bridgehead atoms. The zero-order valence-corrected chi connectivity index (χ0v) is 11.4. The maximum atomic E-state index is 10.5. The Bertz CT molecular complexity index is 502. The molecule has 0 saturated carbocycles. The van der Waals surface area contributed by atoms with Gasteiger partial charge in [-0.1, -0.05) is 0 Å². The smallest absolute Gasteiger partial charge is 0.273 e. The van der Waals surface area contributed by atoms with E-state index in [2.05, 4.69) is 0 Å². The number of hydrogen-bond donors (Lipinski definition) is 1. The van der Waals surface area contributed by atoms with Gasteiger partial charge in [0.05, 0.1) is 30.3 Å². The van der Waals surface area contributed by atoms with Crippen molar-refractivity contribution in [3.8, 4) is 11.5 Å². The molecule has 0 aliphatic carbocycles. The van der Waals surface area contributed by atoms with Crippen LogP contribution in [0, 0.1) is 10.1 Å². The van der Waals surface area contributed by atoms with Crippen LogP contribution in [0.5, 0.6) is 11.5 Å². The standard InChI is InChI=1S/C13H17NO6/c1-13(2)19-8-10(20-13)5-6-18-12-4-3-9(14(16)17)7-11(12)15/h3-4,7,10,15H,5-6,8H2,1-2H3/t10-/m0/s1. The first kappa shape index (κ1) is 14.5. The predicted octanol–water partition coefficient (Wildman–Crippen LogP) is 2.22. The molecular formula is C13H17NO6. The lowest BCUT2D eigenvalue weighted by atomic mass is 10.2. The Morgan fingerprint density at radius 1 is 1.55 bits per heavy atom. The average Bonchev–Trinajstić information content (AvgIpc) is 2.70. The Hall–Kier alpha value is -1.86. The number of phenols is 1. The highest BCUT2D eigenvalue weighted by Gasteiger charge is 2.32. The number of phenolic OH excluding ortho intramolecular Hbond substituents is 1. The van der Waals surface area contributed by atoms with E-state index in [1.54, 1.807) is 0 Å². The van der Waals surface area contributed by atoms with Gasteiger partial charge in [-0.05, 0) is 19.9 Å². The monoisotopic (exact) mass is 283 g/mol. The number of non-ortho nitro benzene ring substituents is 1. The van der Waals surface area contributed by atoms with Gasteiger partial charge in [0.1, 0.15) is 0 Å². The molecule has 1 N–H and O–H groups in total. The van der Waals surface area contributed by atoms with E-state index in [9.17, 15) is 15.2 Å². The predicted molar refractivity (Wildman–Crippen MR) is 69.8 cm³/mol. The van der Waals surface area contributed by atoms with Crippen LogP contribution in [-0.2, 0) is 9.47 Å². The van der Waals surface area contributed by atoms with Crippen molar-refractivity contribution in [3.05, 3.63) is 28.3 Å². The highest BCUT2D eigenvalue weighted by Crippen LogP contribution is 2.30. The van der Waals surface area contributed by atoms with Crippen molar-refractivity contribution in [2.45, 2.75) is 32.2 Å². The summed E-state index contributed by atoms with van der Waals surface area (Å²) in [6, 6.07) is 3.73. The number of nitrogens with zero attached hydrogens (tertiary/aromatic N) is 1. The molecule has 7 nitrogen and oxygen atoms in total. The minimum Gasteiger partial charge on any atom is -0.504 e. The van der Waals surface area contributed by atoms with E-state index < -0.39 is 10.7 Å². The lowest BCUT2D eigenvalue weighted by molar-refractivity contribution is -0.385. The summed E-state index contributed by atoms with van der Waals surface area (Å²) in [6.45, 7) is 4.52. The molecule has 1 fully saturated rings. The molecule has 1 atom stereocenters. The van der Waals surface area contributed by atoms with E-state index in [1.165, 1.54) is 12.1 Å². The van der Waals surface area contributed by atoms with Crippen LogP contribution < -0.4 is 4.74 Å². The molecule has 0 radical (unpaired) electrons. The molecule has 1 saturated heterocycles. The van der Waals surface area contributed by atoms with E-state index in [-0.39, 0.29) is 23.3 Å². The first-order chi connectivity index (χ1) is 9.37. The average molecular weight is 283 g/mol. The van der Waals surface area contributed by atoms with E-state index >= 15 is 0 Å². The Kier molecular flexibility index (Phi) is 4.10. The fourth-order valence-electron chi connectivity index (χ4n) is 1.95. The second-order valence-electron chi connectivity index (χ2n) is 5.00. The largest absolute Gasteiger partial charge is 0.504 e. The summed E-state index contributed by atoms with van der Waals surface area (Å²) in [7, 11) is 0. The maximum Gasteiger partial charge on any atom is 0.273 e. The fraction of sp³-hybridized carbons (Fsp3) is 0.538. The minimum atomic E-state index is -0.574. The van der Waals surface area contributed by atoms with Crippen LogP contribution in [0.25, 0.3) is 0 Å². The molecule has 2 rings (SSSR count). The number of rotatable bonds is 5. The summed E-state index contributed by atoms with van der Waals surface area (Å²) in [4.78, 5) is 9.96. The summed E-state index contributed by atoms with van der Waals surface area (Å²) in [5.41, 5.74) is -0.177. The number of nitro groups is 1. The van der Waals surface area contributed by atoms with Gasteiger partial charge in [-0.2, -0.15) is 0 Å². The Morgan fingerprint density at radius 3 is 2.85 bits per heavy atom. The van der Waals surface area contributed by atoms with Crippen LogP contribution in [0.2, 0.25) is 0 Å². The van der Waals surface area contributed by atoms with Crippen molar-refractivity contribution < 1.29 is 24.2 Å². The molecule has 0 unspecified atom stereocenters. The number of nitro benzene ring substituents is 1. The highest BCUT2D eigenvalue weighted by molar-refractivity contribution is 5.47. The van der Waals surface area contributed by atoms with E-state index in [1.807, 2.05) is 13.8 Å². The second-order valence-corrected chi connectivity index (χ2v) is 5.00. The number of ether oxygens (including phenoxy) is 3. The molecule has 1 aromatic rings. The topological polar surface area (TPSA) is 91.1 Å². The first-order valence-corrected chi connectivity index (χ1v) is 6.29. The lowest BCUT2D eigenvalue weighted by Gasteiger charge is -2.17. The van der Waals surface area contributed by atoms with Crippen LogP contribution in [0.15, 0.2) is 18.2 Å². The molecular weight excluding hydrogens is 266 g/mol. The van der Waals surface area contributed by atoms with Crippen LogP contribution in [0.3, 0.4) is 0 Å². The Morgan fingerprint density at radius 2 is 2.30 bits per heavy atom. The molecule has 20 heavy (non-hydrogen) atoms. The summed E-state index contributed by atoms with van der Waals surface area (Å²) < 4.78 is 16.4. The van der Waals surface area contributed by atoms with Gasteiger partial charge in [-0.3, -0.25) is 10.1 Å². The molecule has 1 aliphatic heterocycles. The summed E-state index contributed by atoms with van der Waals surface area (Å²) in [6.07, 6.45) is 0.560. The minimum absolute atomic E-state index is 0.0507. The van der Waals surface area contributed by atoms with E-state index in [0.29, 0.717) is 19.6 Å². The molecule has 0 aromatic heterocycles. The van der Waals surface area contributed by atoms with Gasteiger partial charge in [0, 0.05) is 12.5 Å². The van der Waals surface area contributed by atoms with Crippen LogP contribution >= 0.6 is 0 Å². The molecule has 0 spiro atoms. The van der Waals surface area contributed by atoms with Gasteiger partial charge < -0.3 is 19.3 Å². The van der Waals surface area contributed by atoms with E-state index in [0.717, 1.165) is 6.07 Å². The third-order valence-electron chi connectivity index (χ3n) is 2.92. The number of aromatic hydroxyl groups is 1. The molecule has 0 amide bonds. The third-order valence-corrected chi connectivity index (χ3v) is 2.92. The van der Waals surface area contributed by atoms with Crippen molar-refractivity contribution in [1.82, 2.24) is 0 Å². The van der Waals surface area contributed by atoms with Crippen molar-refractivity contribution in [2.75, 3.05) is 13.2 Å².